The molecule has 2 N–H and O–H groups in total. The van der Waals surface area contributed by atoms with Crippen molar-refractivity contribution >= 4 is 28.1 Å². The number of imidazole rings is 1. The van der Waals surface area contributed by atoms with Crippen molar-refractivity contribution in [1.82, 2.24) is 14.3 Å². The maximum Gasteiger partial charge on any atom is 0.222 e. The van der Waals surface area contributed by atoms with Crippen molar-refractivity contribution < 1.29 is 14.0 Å². The van der Waals surface area contributed by atoms with Crippen molar-refractivity contribution in [3.05, 3.63) is 47.4 Å². The Morgan fingerprint density at radius 3 is 2.71 bits per heavy atom. The molecule has 0 atom stereocenters. The first-order valence-electron chi connectivity index (χ1n) is 9.30. The second kappa shape index (κ2) is 7.71. The number of fused-ring (bicyclic) bond motifs is 1. The molecule has 3 aromatic rings. The number of nitrogens with zero attached hydrogens (tertiary/aromatic N) is 3. The van der Waals surface area contributed by atoms with Crippen molar-refractivity contribution in [2.24, 2.45) is 11.7 Å². The van der Waals surface area contributed by atoms with E-state index in [1.54, 1.807) is 18.2 Å². The average Bonchev–Trinajstić information content (AvgIpc) is 3.27. The predicted octanol–water partition coefficient (Wildman–Crippen LogP) is 2.86. The summed E-state index contributed by atoms with van der Waals surface area (Å²) in [7, 11) is 0. The van der Waals surface area contributed by atoms with E-state index >= 15 is 0 Å². The highest BCUT2D eigenvalue weighted by molar-refractivity contribution is 7.15. The minimum absolute atomic E-state index is 0.0803. The summed E-state index contributed by atoms with van der Waals surface area (Å²) >= 11 is 1.48. The molecule has 28 heavy (non-hydrogen) atoms. The predicted molar refractivity (Wildman–Crippen MR) is 105 cm³/mol. The van der Waals surface area contributed by atoms with Gasteiger partial charge in [-0.15, -0.1) is 11.3 Å². The van der Waals surface area contributed by atoms with Gasteiger partial charge in [0.2, 0.25) is 11.8 Å². The van der Waals surface area contributed by atoms with Gasteiger partial charge in [0.1, 0.15) is 5.82 Å². The van der Waals surface area contributed by atoms with Gasteiger partial charge >= 0.3 is 0 Å². The first-order valence-corrected chi connectivity index (χ1v) is 10.2. The largest absolute Gasteiger partial charge is 0.369 e. The van der Waals surface area contributed by atoms with E-state index in [4.69, 9.17) is 5.73 Å². The van der Waals surface area contributed by atoms with Crippen LogP contribution in [0.3, 0.4) is 0 Å². The second-order valence-corrected chi connectivity index (χ2v) is 7.88. The number of aryl methyl sites for hydroxylation is 1. The van der Waals surface area contributed by atoms with Crippen LogP contribution in [0.1, 0.15) is 25.0 Å². The summed E-state index contributed by atoms with van der Waals surface area (Å²) in [5.74, 6) is -0.622. The van der Waals surface area contributed by atoms with Crippen molar-refractivity contribution in [2.45, 2.75) is 25.7 Å². The molecule has 8 heteroatoms. The molecule has 0 aliphatic carbocycles. The van der Waals surface area contributed by atoms with Crippen LogP contribution >= 0.6 is 11.3 Å². The standard InChI is InChI=1S/C20H21FN4O2S/c21-16-4-2-1-3-15(16)17-11-25-14(12-28-20(25)23-17)5-6-18(26)24-9-7-13(8-10-24)19(22)27/h1-4,11-13H,5-10H2,(H2,22,27). The molecule has 0 bridgehead atoms. The molecule has 4 rings (SSSR count). The van der Waals surface area contributed by atoms with Crippen molar-refractivity contribution in [3.63, 3.8) is 0 Å². The number of piperidine rings is 1. The minimum atomic E-state index is -0.302. The summed E-state index contributed by atoms with van der Waals surface area (Å²) in [5.41, 5.74) is 7.39. The Bertz CT molecular complexity index is 1020. The molecular weight excluding hydrogens is 379 g/mol. The third kappa shape index (κ3) is 3.64. The van der Waals surface area contributed by atoms with Gasteiger partial charge in [0, 0.05) is 48.3 Å². The van der Waals surface area contributed by atoms with Gasteiger partial charge in [0.25, 0.3) is 0 Å². The molecule has 146 valence electrons. The molecule has 0 spiro atoms. The zero-order chi connectivity index (χ0) is 19.7. The number of halogens is 1. The van der Waals surface area contributed by atoms with E-state index < -0.39 is 0 Å². The molecule has 0 unspecified atom stereocenters. The monoisotopic (exact) mass is 400 g/mol. The number of hydrogen-bond donors (Lipinski definition) is 1. The highest BCUT2D eigenvalue weighted by atomic mass is 32.1. The van der Waals surface area contributed by atoms with Gasteiger partial charge in [0.05, 0.1) is 5.69 Å². The summed E-state index contributed by atoms with van der Waals surface area (Å²) in [4.78, 5) is 30.9. The summed E-state index contributed by atoms with van der Waals surface area (Å²) in [6.07, 6.45) is 4.07. The van der Waals surface area contributed by atoms with Crippen LogP contribution in [-0.2, 0) is 16.0 Å². The lowest BCUT2D eigenvalue weighted by molar-refractivity contribution is -0.134. The van der Waals surface area contributed by atoms with Gasteiger partial charge in [-0.25, -0.2) is 9.37 Å². The smallest absolute Gasteiger partial charge is 0.222 e. The van der Waals surface area contributed by atoms with Crippen LogP contribution < -0.4 is 5.73 Å². The van der Waals surface area contributed by atoms with Gasteiger partial charge in [0.15, 0.2) is 4.96 Å². The molecule has 1 aliphatic heterocycles. The second-order valence-electron chi connectivity index (χ2n) is 7.04. The van der Waals surface area contributed by atoms with E-state index in [1.807, 2.05) is 20.9 Å². The number of carbonyl (C=O) groups excluding carboxylic acids is 2. The maximum absolute atomic E-state index is 14.0. The number of rotatable bonds is 5. The Kier molecular flexibility index (Phi) is 5.13. The number of amides is 2. The van der Waals surface area contributed by atoms with Gasteiger partial charge < -0.3 is 10.6 Å². The Hall–Kier alpha value is -2.74. The highest BCUT2D eigenvalue weighted by Crippen LogP contribution is 2.26. The Morgan fingerprint density at radius 1 is 1.25 bits per heavy atom. The third-order valence-corrected chi connectivity index (χ3v) is 6.17. The zero-order valence-electron chi connectivity index (χ0n) is 15.3. The first kappa shape index (κ1) is 18.6. The molecule has 3 heterocycles. The lowest BCUT2D eigenvalue weighted by Crippen LogP contribution is -2.41. The Labute approximate surface area is 165 Å². The van der Waals surface area contributed by atoms with Crippen LogP contribution in [0.2, 0.25) is 0 Å². The molecule has 0 saturated carbocycles. The topological polar surface area (TPSA) is 80.7 Å². The number of aromatic nitrogens is 2. The molecule has 2 amide bonds. The molecule has 1 aliphatic rings. The molecule has 2 aromatic heterocycles. The first-order chi connectivity index (χ1) is 13.5. The van der Waals surface area contributed by atoms with Crippen LogP contribution in [0.25, 0.3) is 16.2 Å². The lowest BCUT2D eigenvalue weighted by atomic mass is 9.96. The normalized spacial score (nSPS) is 15.2. The number of hydrogen-bond acceptors (Lipinski definition) is 4. The maximum atomic E-state index is 14.0. The zero-order valence-corrected chi connectivity index (χ0v) is 16.1. The average molecular weight is 400 g/mol. The SMILES string of the molecule is NC(=O)C1CCN(C(=O)CCc2csc3nc(-c4ccccc4F)cn23)CC1. The molecule has 1 aromatic carbocycles. The molecule has 1 saturated heterocycles. The van der Waals surface area contributed by atoms with Gasteiger partial charge in [-0.3, -0.25) is 14.0 Å². The Balaban J connectivity index is 1.42. The van der Waals surface area contributed by atoms with Gasteiger partial charge in [-0.1, -0.05) is 12.1 Å². The van der Waals surface area contributed by atoms with E-state index in [2.05, 4.69) is 4.98 Å². The number of primary amides is 1. The molecular formula is C20H21FN4O2S. The number of carbonyl (C=O) groups is 2. The summed E-state index contributed by atoms with van der Waals surface area (Å²) in [6.45, 7) is 1.15. The van der Waals surface area contributed by atoms with Crippen molar-refractivity contribution in [2.75, 3.05) is 13.1 Å². The van der Waals surface area contributed by atoms with Gasteiger partial charge in [-0.2, -0.15) is 0 Å². The van der Waals surface area contributed by atoms with Crippen LogP contribution in [0.5, 0.6) is 0 Å². The van der Waals surface area contributed by atoms with Crippen molar-refractivity contribution in [3.8, 4) is 11.3 Å². The molecule has 1 fully saturated rings. The lowest BCUT2D eigenvalue weighted by Gasteiger charge is -2.30. The summed E-state index contributed by atoms with van der Waals surface area (Å²) in [5, 5.41) is 1.99. The fourth-order valence-electron chi connectivity index (χ4n) is 3.61. The Morgan fingerprint density at radius 2 is 2.00 bits per heavy atom. The van der Waals surface area contributed by atoms with E-state index in [0.29, 0.717) is 50.0 Å². The van der Waals surface area contributed by atoms with E-state index in [1.165, 1.54) is 17.4 Å². The third-order valence-electron chi connectivity index (χ3n) is 5.28. The highest BCUT2D eigenvalue weighted by Gasteiger charge is 2.25. The number of thiazole rings is 1. The van der Waals surface area contributed by atoms with Crippen molar-refractivity contribution in [1.29, 1.82) is 0 Å². The van der Waals surface area contributed by atoms with E-state index in [9.17, 15) is 14.0 Å². The summed E-state index contributed by atoms with van der Waals surface area (Å²) < 4.78 is 16.0. The molecule has 0 radical (unpaired) electrons. The minimum Gasteiger partial charge on any atom is -0.369 e. The van der Waals surface area contributed by atoms with E-state index in [-0.39, 0.29) is 23.5 Å². The fourth-order valence-corrected chi connectivity index (χ4v) is 4.52. The number of nitrogens with two attached hydrogens (primary N) is 1. The molecule has 6 nitrogen and oxygen atoms in total. The van der Waals surface area contributed by atoms with E-state index in [0.717, 1.165) is 10.7 Å². The van der Waals surface area contributed by atoms with Crippen LogP contribution in [0.4, 0.5) is 4.39 Å². The quantitative estimate of drug-likeness (QED) is 0.715. The van der Waals surface area contributed by atoms with Crippen LogP contribution in [0.15, 0.2) is 35.8 Å². The summed E-state index contributed by atoms with van der Waals surface area (Å²) in [6, 6.07) is 6.57. The van der Waals surface area contributed by atoms with Crippen LogP contribution in [-0.4, -0.2) is 39.2 Å². The number of likely N-dealkylation sites (tertiary alicyclic amines) is 1. The number of benzene rings is 1. The van der Waals surface area contributed by atoms with Crippen LogP contribution in [0, 0.1) is 11.7 Å². The van der Waals surface area contributed by atoms with Gasteiger partial charge in [-0.05, 0) is 31.4 Å². The fraction of sp³-hybridized carbons (Fsp3) is 0.350.